The Morgan fingerprint density at radius 1 is 1.32 bits per heavy atom. The lowest BCUT2D eigenvalue weighted by Crippen LogP contribution is -2.24. The third-order valence-corrected chi connectivity index (χ3v) is 3.68. The lowest BCUT2D eigenvalue weighted by atomic mass is 10.3. The van der Waals surface area contributed by atoms with E-state index in [4.69, 9.17) is 23.2 Å². The molecule has 1 aromatic heterocycles. The summed E-state index contributed by atoms with van der Waals surface area (Å²) in [6.45, 7) is 0. The van der Waals surface area contributed by atoms with E-state index in [1.54, 1.807) is 12.1 Å². The minimum Gasteiger partial charge on any atom is -0.337 e. The van der Waals surface area contributed by atoms with Crippen molar-refractivity contribution in [2.45, 2.75) is 0 Å². The Morgan fingerprint density at radius 2 is 2.11 bits per heavy atom. The predicted molar refractivity (Wildman–Crippen MR) is 80.9 cm³/mol. The number of hydrogen-bond acceptors (Lipinski definition) is 4. The van der Waals surface area contributed by atoms with Crippen LogP contribution in [0.2, 0.25) is 10.0 Å². The zero-order valence-corrected chi connectivity index (χ0v) is 12.4. The number of thioether (sulfide) groups is 1. The molecule has 2 heterocycles. The van der Waals surface area contributed by atoms with Crippen LogP contribution in [0.1, 0.15) is 5.82 Å². The molecule has 0 bridgehead atoms. The number of fused-ring (bicyclic) bond motifs is 1. The maximum Gasteiger partial charge on any atom is 0.299 e. The van der Waals surface area contributed by atoms with Gasteiger partial charge in [0.1, 0.15) is 11.2 Å². The summed E-state index contributed by atoms with van der Waals surface area (Å²) in [4.78, 5) is 18.4. The van der Waals surface area contributed by atoms with Crippen LogP contribution in [0.3, 0.4) is 0 Å². The van der Waals surface area contributed by atoms with E-state index in [9.17, 15) is 4.79 Å². The van der Waals surface area contributed by atoms with Crippen LogP contribution in [0.4, 0.5) is 4.79 Å². The molecule has 2 N–H and O–H groups in total. The highest BCUT2D eigenvalue weighted by atomic mass is 35.5. The largest absolute Gasteiger partial charge is 0.337 e. The number of hydrogen-bond donors (Lipinski definition) is 2. The second-order valence-electron chi connectivity index (χ2n) is 3.62. The number of nitrogens with one attached hydrogen (secondary N) is 2. The van der Waals surface area contributed by atoms with Crippen LogP contribution in [-0.4, -0.2) is 26.7 Å². The molecule has 0 aliphatic carbocycles. The number of aromatic amines is 1. The standard InChI is InChI=1S/C10H6Cl2N4OS.ClH/c11-4-1-5(12)8-6(2-4)13-9(14-8)7-3-18-10(17)16-15-7;/h1-2H,3H2,(H,13,14)(H,16,17);1H. The van der Waals surface area contributed by atoms with Crippen LogP contribution in [0.25, 0.3) is 11.0 Å². The third kappa shape index (κ3) is 2.81. The molecule has 0 fully saturated rings. The van der Waals surface area contributed by atoms with Crippen LogP contribution < -0.4 is 5.43 Å². The van der Waals surface area contributed by atoms with Crippen molar-refractivity contribution in [3.05, 3.63) is 28.0 Å². The van der Waals surface area contributed by atoms with Crippen molar-refractivity contribution in [3.8, 4) is 0 Å². The molecule has 19 heavy (non-hydrogen) atoms. The number of nitrogens with zero attached hydrogens (tertiary/aromatic N) is 2. The first kappa shape index (κ1) is 14.5. The summed E-state index contributed by atoms with van der Waals surface area (Å²) in [5.74, 6) is 1.05. The van der Waals surface area contributed by atoms with Gasteiger partial charge in [0.25, 0.3) is 5.24 Å². The van der Waals surface area contributed by atoms with Crippen molar-refractivity contribution in [3.63, 3.8) is 0 Å². The lowest BCUT2D eigenvalue weighted by molar-refractivity contribution is 0.261. The minimum absolute atomic E-state index is 0. The van der Waals surface area contributed by atoms with Gasteiger partial charge < -0.3 is 4.98 Å². The Morgan fingerprint density at radius 3 is 2.79 bits per heavy atom. The number of carbonyl (C=O) groups excluding carboxylic acids is 1. The van der Waals surface area contributed by atoms with Gasteiger partial charge in [-0.2, -0.15) is 5.10 Å². The highest BCUT2D eigenvalue weighted by Gasteiger charge is 2.18. The molecule has 0 atom stereocenters. The van der Waals surface area contributed by atoms with E-state index in [0.717, 1.165) is 17.3 Å². The summed E-state index contributed by atoms with van der Waals surface area (Å²) in [5.41, 5.74) is 4.45. The summed E-state index contributed by atoms with van der Waals surface area (Å²) in [5, 5.41) is 4.80. The van der Waals surface area contributed by atoms with Gasteiger partial charge >= 0.3 is 0 Å². The minimum atomic E-state index is -0.170. The average Bonchev–Trinajstić information content (AvgIpc) is 2.74. The molecule has 2 aromatic rings. The van der Waals surface area contributed by atoms with Crippen LogP contribution in [0.15, 0.2) is 17.2 Å². The molecule has 0 unspecified atom stereocenters. The SMILES string of the molecule is Cl.O=C1NN=C(c2nc3c(Cl)cc(Cl)cc3[nH]2)CS1. The molecular formula is C10H7Cl3N4OS. The molecule has 0 saturated heterocycles. The van der Waals surface area contributed by atoms with E-state index in [1.807, 2.05) is 0 Å². The van der Waals surface area contributed by atoms with Gasteiger partial charge in [0.2, 0.25) is 0 Å². The Labute approximate surface area is 128 Å². The van der Waals surface area contributed by atoms with Crippen LogP contribution in [0, 0.1) is 0 Å². The number of H-pyrrole nitrogens is 1. The highest BCUT2D eigenvalue weighted by Crippen LogP contribution is 2.26. The smallest absolute Gasteiger partial charge is 0.299 e. The van der Waals surface area contributed by atoms with Crippen molar-refractivity contribution in [1.82, 2.24) is 15.4 Å². The van der Waals surface area contributed by atoms with Crippen molar-refractivity contribution in [2.75, 3.05) is 5.75 Å². The number of halogens is 3. The zero-order chi connectivity index (χ0) is 12.7. The maximum absolute atomic E-state index is 11.0. The fourth-order valence-electron chi connectivity index (χ4n) is 1.61. The first-order chi connectivity index (χ1) is 8.63. The first-order valence-electron chi connectivity index (χ1n) is 4.98. The number of carbonyl (C=O) groups is 1. The Kier molecular flexibility index (Phi) is 4.25. The number of imidazole rings is 1. The Balaban J connectivity index is 0.00000133. The molecule has 1 aliphatic heterocycles. The topological polar surface area (TPSA) is 70.1 Å². The van der Waals surface area contributed by atoms with Gasteiger partial charge in [-0.15, -0.1) is 12.4 Å². The van der Waals surface area contributed by atoms with Gasteiger partial charge in [0.15, 0.2) is 5.82 Å². The summed E-state index contributed by atoms with van der Waals surface area (Å²) < 4.78 is 0. The van der Waals surface area contributed by atoms with Crippen molar-refractivity contribution < 1.29 is 4.79 Å². The number of hydrazone groups is 1. The summed E-state index contributed by atoms with van der Waals surface area (Å²) in [7, 11) is 0. The zero-order valence-electron chi connectivity index (χ0n) is 9.24. The van der Waals surface area contributed by atoms with Gasteiger partial charge in [-0.05, 0) is 12.1 Å². The predicted octanol–water partition coefficient (Wildman–Crippen LogP) is 3.45. The molecule has 0 radical (unpaired) electrons. The van der Waals surface area contributed by atoms with E-state index in [-0.39, 0.29) is 17.6 Å². The van der Waals surface area contributed by atoms with E-state index >= 15 is 0 Å². The van der Waals surface area contributed by atoms with Gasteiger partial charge in [-0.1, -0.05) is 35.0 Å². The molecule has 9 heteroatoms. The van der Waals surface area contributed by atoms with Crippen LogP contribution in [0.5, 0.6) is 0 Å². The molecule has 0 saturated carbocycles. The molecule has 5 nitrogen and oxygen atoms in total. The molecule has 100 valence electrons. The Bertz CT molecular complexity index is 685. The van der Waals surface area contributed by atoms with Crippen LogP contribution in [-0.2, 0) is 0 Å². The fourth-order valence-corrected chi connectivity index (χ4v) is 2.73. The number of aromatic nitrogens is 2. The second kappa shape index (κ2) is 5.58. The molecule has 1 aromatic carbocycles. The van der Waals surface area contributed by atoms with Crippen molar-refractivity contribution in [2.24, 2.45) is 5.10 Å². The maximum atomic E-state index is 11.0. The summed E-state index contributed by atoms with van der Waals surface area (Å²) >= 11 is 13.1. The summed E-state index contributed by atoms with van der Waals surface area (Å²) in [6.07, 6.45) is 0. The van der Waals surface area contributed by atoms with E-state index in [0.29, 0.717) is 32.9 Å². The molecule has 1 amide bonds. The second-order valence-corrected chi connectivity index (χ2v) is 5.41. The van der Waals surface area contributed by atoms with Crippen molar-refractivity contribution in [1.29, 1.82) is 0 Å². The number of amides is 1. The van der Waals surface area contributed by atoms with Gasteiger partial charge in [0.05, 0.1) is 16.3 Å². The van der Waals surface area contributed by atoms with Gasteiger partial charge in [-0.3, -0.25) is 4.79 Å². The monoisotopic (exact) mass is 336 g/mol. The van der Waals surface area contributed by atoms with E-state index in [1.165, 1.54) is 0 Å². The Hall–Kier alpha value is -0.950. The number of benzene rings is 1. The van der Waals surface area contributed by atoms with Crippen molar-refractivity contribution >= 4 is 69.4 Å². The fraction of sp³-hybridized carbons (Fsp3) is 0.100. The molecular weight excluding hydrogens is 331 g/mol. The molecule has 1 aliphatic rings. The highest BCUT2D eigenvalue weighted by molar-refractivity contribution is 8.14. The lowest BCUT2D eigenvalue weighted by Gasteiger charge is -2.08. The number of rotatable bonds is 1. The third-order valence-electron chi connectivity index (χ3n) is 2.40. The normalized spacial score (nSPS) is 14.8. The average molecular weight is 338 g/mol. The van der Waals surface area contributed by atoms with E-state index < -0.39 is 0 Å². The van der Waals surface area contributed by atoms with Gasteiger partial charge in [0, 0.05) is 5.02 Å². The van der Waals surface area contributed by atoms with Gasteiger partial charge in [-0.25, -0.2) is 10.4 Å². The van der Waals surface area contributed by atoms with Crippen LogP contribution >= 0.6 is 47.4 Å². The quantitative estimate of drug-likeness (QED) is 0.837. The summed E-state index contributed by atoms with van der Waals surface area (Å²) in [6, 6.07) is 3.38. The molecule has 0 spiro atoms. The van der Waals surface area contributed by atoms with E-state index in [2.05, 4.69) is 20.5 Å². The molecule has 3 rings (SSSR count). The first-order valence-corrected chi connectivity index (χ1v) is 6.72.